The number of esters is 1. The van der Waals surface area contributed by atoms with Crippen molar-refractivity contribution in [3.8, 4) is 10.8 Å². The van der Waals surface area contributed by atoms with Crippen molar-refractivity contribution >= 4 is 39.7 Å². The van der Waals surface area contributed by atoms with Crippen LogP contribution < -0.4 is 4.90 Å². The Kier molecular flexibility index (Phi) is 7.54. The fraction of sp³-hybridized carbons (Fsp3) is 0.280. The summed E-state index contributed by atoms with van der Waals surface area (Å²) in [6, 6.07) is 13.7. The molecule has 34 heavy (non-hydrogen) atoms. The third-order valence-corrected chi connectivity index (χ3v) is 6.99. The summed E-state index contributed by atoms with van der Waals surface area (Å²) in [6.07, 6.45) is 0.784. The summed E-state index contributed by atoms with van der Waals surface area (Å²) in [4.78, 5) is 37.1. The van der Waals surface area contributed by atoms with Crippen LogP contribution in [-0.4, -0.2) is 35.0 Å². The molecule has 0 spiro atoms. The van der Waals surface area contributed by atoms with Crippen LogP contribution in [0.2, 0.25) is 0 Å². The molecule has 7 nitrogen and oxygen atoms in total. The number of furan rings is 1. The molecule has 1 aromatic carbocycles. The summed E-state index contributed by atoms with van der Waals surface area (Å²) >= 11 is 2.76. The largest absolute Gasteiger partial charge is 0.461 e. The minimum Gasteiger partial charge on any atom is -0.461 e. The summed E-state index contributed by atoms with van der Waals surface area (Å²) < 4.78 is 10.8. The Morgan fingerprint density at radius 2 is 1.88 bits per heavy atom. The second-order valence-electron chi connectivity index (χ2n) is 7.63. The van der Waals surface area contributed by atoms with Crippen molar-refractivity contribution in [2.24, 2.45) is 0 Å². The number of nitrogens with zero attached hydrogens (tertiary/aromatic N) is 3. The van der Waals surface area contributed by atoms with Gasteiger partial charge < -0.3 is 9.15 Å². The second-order valence-corrected chi connectivity index (χ2v) is 9.67. The Morgan fingerprint density at radius 1 is 1.09 bits per heavy atom. The molecule has 0 saturated carbocycles. The van der Waals surface area contributed by atoms with E-state index < -0.39 is 5.97 Å². The maximum absolute atomic E-state index is 13.4. The third kappa shape index (κ3) is 5.60. The van der Waals surface area contributed by atoms with Crippen molar-refractivity contribution in [1.82, 2.24) is 9.97 Å². The van der Waals surface area contributed by atoms with Gasteiger partial charge in [0.05, 0.1) is 18.7 Å². The number of benzene rings is 1. The molecular weight excluding hydrogens is 470 g/mol. The van der Waals surface area contributed by atoms with Crippen molar-refractivity contribution in [2.75, 3.05) is 18.1 Å². The first-order valence-electron chi connectivity index (χ1n) is 10.9. The Bertz CT molecular complexity index is 1280. The lowest BCUT2D eigenvalue weighted by atomic mass is 10.1. The lowest BCUT2D eigenvalue weighted by Crippen LogP contribution is -2.34. The molecule has 0 N–H and O–H groups in total. The maximum atomic E-state index is 13.4. The van der Waals surface area contributed by atoms with Crippen LogP contribution in [-0.2, 0) is 22.4 Å². The molecule has 4 aromatic rings. The molecule has 0 atom stereocenters. The number of ether oxygens (including phenoxy) is 1. The van der Waals surface area contributed by atoms with Gasteiger partial charge in [0.25, 0.3) is 0 Å². The highest BCUT2D eigenvalue weighted by atomic mass is 32.1. The van der Waals surface area contributed by atoms with Crippen molar-refractivity contribution in [3.05, 3.63) is 75.4 Å². The number of anilines is 1. The maximum Gasteiger partial charge on any atom is 0.358 e. The number of thiazole rings is 2. The average Bonchev–Trinajstić information content (AvgIpc) is 3.55. The van der Waals surface area contributed by atoms with E-state index in [1.807, 2.05) is 61.7 Å². The zero-order valence-corrected chi connectivity index (χ0v) is 20.9. The molecule has 3 aromatic heterocycles. The lowest BCUT2D eigenvalue weighted by Gasteiger charge is -2.19. The molecular formula is C25H25N3O4S2. The number of amides is 1. The lowest BCUT2D eigenvalue weighted by molar-refractivity contribution is -0.118. The number of hydrogen-bond acceptors (Lipinski definition) is 8. The molecule has 176 valence electrons. The van der Waals surface area contributed by atoms with Crippen LogP contribution in [0.3, 0.4) is 0 Å². The molecule has 3 heterocycles. The number of aryl methyl sites for hydroxylation is 2. The predicted molar refractivity (Wildman–Crippen MR) is 134 cm³/mol. The highest BCUT2D eigenvalue weighted by Crippen LogP contribution is 2.29. The summed E-state index contributed by atoms with van der Waals surface area (Å²) in [6.45, 7) is 6.15. The predicted octanol–water partition coefficient (Wildman–Crippen LogP) is 5.47. The van der Waals surface area contributed by atoms with Crippen molar-refractivity contribution < 1.29 is 18.7 Å². The average molecular weight is 496 g/mol. The third-order valence-electron chi connectivity index (χ3n) is 5.09. The van der Waals surface area contributed by atoms with E-state index in [0.717, 1.165) is 21.2 Å². The highest BCUT2D eigenvalue weighted by Gasteiger charge is 2.25. The molecule has 0 radical (unpaired) electrons. The first-order chi connectivity index (χ1) is 16.4. The summed E-state index contributed by atoms with van der Waals surface area (Å²) in [5, 5.41) is 3.09. The molecule has 0 aliphatic heterocycles. The molecule has 0 aliphatic rings. The van der Waals surface area contributed by atoms with Gasteiger partial charge in [0.1, 0.15) is 5.76 Å². The minimum absolute atomic E-state index is 0.123. The van der Waals surface area contributed by atoms with Gasteiger partial charge in [-0.05, 0) is 44.9 Å². The Morgan fingerprint density at radius 3 is 2.59 bits per heavy atom. The fourth-order valence-electron chi connectivity index (χ4n) is 3.40. The van der Waals surface area contributed by atoms with E-state index >= 15 is 0 Å². The highest BCUT2D eigenvalue weighted by molar-refractivity contribution is 7.16. The van der Waals surface area contributed by atoms with E-state index in [9.17, 15) is 9.59 Å². The quantitative estimate of drug-likeness (QED) is 0.286. The van der Waals surface area contributed by atoms with Gasteiger partial charge in [-0.2, -0.15) is 0 Å². The van der Waals surface area contributed by atoms with Crippen LogP contribution in [0.5, 0.6) is 0 Å². The first-order valence-corrected chi connectivity index (χ1v) is 12.6. The summed E-state index contributed by atoms with van der Waals surface area (Å²) in [5.41, 5.74) is 2.04. The Balaban J connectivity index is 1.56. The van der Waals surface area contributed by atoms with Crippen LogP contribution >= 0.6 is 22.7 Å². The van der Waals surface area contributed by atoms with Crippen molar-refractivity contribution in [3.63, 3.8) is 0 Å². The van der Waals surface area contributed by atoms with Crippen LogP contribution in [0.4, 0.5) is 5.13 Å². The zero-order valence-electron chi connectivity index (χ0n) is 19.2. The second kappa shape index (κ2) is 10.8. The fourth-order valence-corrected chi connectivity index (χ4v) is 5.12. The molecule has 0 saturated heterocycles. The molecule has 0 aliphatic carbocycles. The number of carbonyl (C=O) groups excluding carboxylic acids is 2. The van der Waals surface area contributed by atoms with Gasteiger partial charge in [-0.15, -0.1) is 22.7 Å². The number of aromatic nitrogens is 2. The molecule has 1 amide bonds. The molecule has 4 rings (SSSR count). The smallest absolute Gasteiger partial charge is 0.358 e. The topological polar surface area (TPSA) is 85.5 Å². The van der Waals surface area contributed by atoms with Crippen LogP contribution in [0.15, 0.2) is 52.3 Å². The Labute approximate surface area is 206 Å². The van der Waals surface area contributed by atoms with Crippen molar-refractivity contribution in [2.45, 2.75) is 33.6 Å². The van der Waals surface area contributed by atoms with E-state index in [-0.39, 0.29) is 24.6 Å². The normalized spacial score (nSPS) is 10.9. The van der Waals surface area contributed by atoms with Crippen LogP contribution in [0.1, 0.15) is 39.3 Å². The van der Waals surface area contributed by atoms with Crippen molar-refractivity contribution in [1.29, 1.82) is 0 Å². The molecule has 0 unspecified atom stereocenters. The minimum atomic E-state index is -0.476. The SMILES string of the molecule is CCOC(=O)c1nc(N(CCc2ccccc2)C(=O)Cc2csc(-c3ccc(C)o3)n2)sc1C. The van der Waals surface area contributed by atoms with Crippen LogP contribution in [0.25, 0.3) is 10.8 Å². The Hall–Kier alpha value is -3.30. The van der Waals surface area contributed by atoms with Gasteiger partial charge in [0.2, 0.25) is 5.91 Å². The van der Waals surface area contributed by atoms with Gasteiger partial charge in [0.15, 0.2) is 21.6 Å². The van der Waals surface area contributed by atoms with Gasteiger partial charge >= 0.3 is 5.97 Å². The van der Waals surface area contributed by atoms with E-state index in [1.165, 1.54) is 22.7 Å². The van der Waals surface area contributed by atoms with Gasteiger partial charge in [-0.1, -0.05) is 30.3 Å². The molecule has 9 heteroatoms. The molecule has 0 fully saturated rings. The van der Waals surface area contributed by atoms with Gasteiger partial charge in [-0.25, -0.2) is 14.8 Å². The van der Waals surface area contributed by atoms with Gasteiger partial charge in [-0.3, -0.25) is 9.69 Å². The monoisotopic (exact) mass is 495 g/mol. The van der Waals surface area contributed by atoms with Gasteiger partial charge in [0, 0.05) is 16.8 Å². The van der Waals surface area contributed by atoms with E-state index in [2.05, 4.69) is 9.97 Å². The summed E-state index contributed by atoms with van der Waals surface area (Å²) in [7, 11) is 0. The zero-order chi connectivity index (χ0) is 24.1. The van der Waals surface area contributed by atoms with E-state index in [4.69, 9.17) is 9.15 Å². The van der Waals surface area contributed by atoms with E-state index in [0.29, 0.717) is 29.6 Å². The first kappa shape index (κ1) is 23.8. The van der Waals surface area contributed by atoms with Crippen LogP contribution in [0, 0.1) is 13.8 Å². The number of carbonyl (C=O) groups is 2. The number of rotatable bonds is 9. The summed E-state index contributed by atoms with van der Waals surface area (Å²) in [5.74, 6) is 0.895. The molecule has 0 bridgehead atoms. The van der Waals surface area contributed by atoms with E-state index in [1.54, 1.807) is 11.8 Å². The standard InChI is InChI=1S/C25H25N3O4S2/c1-4-31-24(30)22-17(3)34-25(27-22)28(13-12-18-8-6-5-7-9-18)21(29)14-19-15-33-23(26-19)20-11-10-16(2)32-20/h5-11,15H,4,12-14H2,1-3H3. The number of hydrogen-bond donors (Lipinski definition) is 0.